The maximum atomic E-state index is 11.1. The van der Waals surface area contributed by atoms with Crippen LogP contribution in [0.3, 0.4) is 0 Å². The van der Waals surface area contributed by atoms with E-state index in [0.29, 0.717) is 6.54 Å². The molecule has 3 nitrogen and oxygen atoms in total. The zero-order valence-electron chi connectivity index (χ0n) is 13.4. The fourth-order valence-corrected chi connectivity index (χ4v) is 2.48. The lowest BCUT2D eigenvalue weighted by Gasteiger charge is -2.24. The molecule has 1 rings (SSSR count). The van der Waals surface area contributed by atoms with E-state index < -0.39 is 5.97 Å². The van der Waals surface area contributed by atoms with Crippen LogP contribution in [-0.2, 0) is 11.3 Å². The van der Waals surface area contributed by atoms with Gasteiger partial charge in [0.05, 0.1) is 5.92 Å². The average molecular weight is 291 g/mol. The van der Waals surface area contributed by atoms with E-state index in [1.165, 1.54) is 31.2 Å². The molecule has 3 heteroatoms. The number of hydrogen-bond acceptors (Lipinski definition) is 2. The summed E-state index contributed by atoms with van der Waals surface area (Å²) in [7, 11) is 0. The third kappa shape index (κ3) is 7.86. The summed E-state index contributed by atoms with van der Waals surface area (Å²) in [6.07, 6.45) is 6.22. The lowest BCUT2D eigenvalue weighted by atomic mass is 10.1. The molecule has 0 saturated heterocycles. The highest BCUT2D eigenvalue weighted by Gasteiger charge is 2.16. The molecule has 0 aliphatic heterocycles. The number of rotatable bonds is 11. The SMILES string of the molecule is CCCCCCCN(Cc1ccccc1)CC(C)C(=O)O. The number of carboxylic acids is 1. The van der Waals surface area contributed by atoms with E-state index in [9.17, 15) is 4.79 Å². The van der Waals surface area contributed by atoms with Gasteiger partial charge in [-0.15, -0.1) is 0 Å². The van der Waals surface area contributed by atoms with E-state index in [1.807, 2.05) is 18.2 Å². The monoisotopic (exact) mass is 291 g/mol. The third-order valence-corrected chi connectivity index (χ3v) is 3.78. The predicted octanol–water partition coefficient (Wildman–Crippen LogP) is 4.18. The Morgan fingerprint density at radius 2 is 1.81 bits per heavy atom. The van der Waals surface area contributed by atoms with Crippen LogP contribution in [0, 0.1) is 5.92 Å². The van der Waals surface area contributed by atoms with Crippen molar-refractivity contribution >= 4 is 5.97 Å². The van der Waals surface area contributed by atoms with E-state index in [-0.39, 0.29) is 5.92 Å². The molecular formula is C18H29NO2. The van der Waals surface area contributed by atoms with Gasteiger partial charge in [0.25, 0.3) is 0 Å². The Bertz CT molecular complexity index is 391. The summed E-state index contributed by atoms with van der Waals surface area (Å²) in [5.41, 5.74) is 1.25. The molecule has 0 heterocycles. The Hall–Kier alpha value is -1.35. The second kappa shape index (κ2) is 10.4. The summed E-state index contributed by atoms with van der Waals surface area (Å²) in [5, 5.41) is 9.11. The van der Waals surface area contributed by atoms with Crippen molar-refractivity contribution in [1.82, 2.24) is 4.90 Å². The van der Waals surface area contributed by atoms with Gasteiger partial charge in [-0.1, -0.05) is 69.9 Å². The summed E-state index contributed by atoms with van der Waals surface area (Å²) in [6.45, 7) is 6.45. The van der Waals surface area contributed by atoms with E-state index >= 15 is 0 Å². The van der Waals surface area contributed by atoms with Gasteiger partial charge in [0, 0.05) is 13.1 Å². The van der Waals surface area contributed by atoms with E-state index in [4.69, 9.17) is 5.11 Å². The molecule has 1 atom stereocenters. The standard InChI is InChI=1S/C18H29NO2/c1-3-4-5-6-10-13-19(14-16(2)18(20)21)15-17-11-8-7-9-12-17/h7-9,11-12,16H,3-6,10,13-15H2,1-2H3,(H,20,21). The van der Waals surface area contributed by atoms with Crippen molar-refractivity contribution in [2.24, 2.45) is 5.92 Å². The van der Waals surface area contributed by atoms with Crippen molar-refractivity contribution in [3.05, 3.63) is 35.9 Å². The summed E-state index contributed by atoms with van der Waals surface area (Å²) >= 11 is 0. The van der Waals surface area contributed by atoms with Crippen molar-refractivity contribution in [3.63, 3.8) is 0 Å². The van der Waals surface area contributed by atoms with Crippen LogP contribution in [-0.4, -0.2) is 29.1 Å². The first-order chi connectivity index (χ1) is 10.1. The molecule has 1 unspecified atom stereocenters. The van der Waals surface area contributed by atoms with Gasteiger partial charge in [-0.2, -0.15) is 0 Å². The third-order valence-electron chi connectivity index (χ3n) is 3.78. The van der Waals surface area contributed by atoms with Crippen LogP contribution in [0.5, 0.6) is 0 Å². The van der Waals surface area contributed by atoms with Crippen molar-refractivity contribution in [3.8, 4) is 0 Å². The van der Waals surface area contributed by atoms with E-state index in [1.54, 1.807) is 6.92 Å². The van der Waals surface area contributed by atoms with E-state index in [0.717, 1.165) is 19.5 Å². The second-order valence-corrected chi connectivity index (χ2v) is 5.87. The second-order valence-electron chi connectivity index (χ2n) is 5.87. The van der Waals surface area contributed by atoms with Crippen LogP contribution in [0.25, 0.3) is 0 Å². The minimum absolute atomic E-state index is 0.315. The summed E-state index contributed by atoms with van der Waals surface area (Å²) < 4.78 is 0. The molecule has 21 heavy (non-hydrogen) atoms. The van der Waals surface area contributed by atoms with Gasteiger partial charge in [0.15, 0.2) is 0 Å². The summed E-state index contributed by atoms with van der Waals surface area (Å²) in [6, 6.07) is 10.3. The first-order valence-electron chi connectivity index (χ1n) is 8.12. The van der Waals surface area contributed by atoms with Gasteiger partial charge in [-0.3, -0.25) is 9.69 Å². The number of carboxylic acid groups (broad SMARTS) is 1. The molecule has 0 saturated carbocycles. The zero-order valence-corrected chi connectivity index (χ0v) is 13.4. The maximum Gasteiger partial charge on any atom is 0.307 e. The normalized spacial score (nSPS) is 12.5. The molecule has 0 radical (unpaired) electrons. The summed E-state index contributed by atoms with van der Waals surface area (Å²) in [5.74, 6) is -1.02. The van der Waals surface area contributed by atoms with Crippen LogP contribution < -0.4 is 0 Å². The minimum Gasteiger partial charge on any atom is -0.481 e. The van der Waals surface area contributed by atoms with Crippen LogP contribution in [0.4, 0.5) is 0 Å². The highest BCUT2D eigenvalue weighted by Crippen LogP contribution is 2.11. The minimum atomic E-state index is -0.709. The Morgan fingerprint density at radius 1 is 1.14 bits per heavy atom. The molecular weight excluding hydrogens is 262 g/mol. The number of nitrogens with zero attached hydrogens (tertiary/aromatic N) is 1. The molecule has 0 aliphatic rings. The van der Waals surface area contributed by atoms with Crippen molar-refractivity contribution in [2.45, 2.75) is 52.5 Å². The van der Waals surface area contributed by atoms with Gasteiger partial charge in [0.2, 0.25) is 0 Å². The van der Waals surface area contributed by atoms with Gasteiger partial charge in [0.1, 0.15) is 0 Å². The largest absolute Gasteiger partial charge is 0.481 e. The maximum absolute atomic E-state index is 11.1. The highest BCUT2D eigenvalue weighted by molar-refractivity contribution is 5.69. The zero-order chi connectivity index (χ0) is 15.5. The van der Waals surface area contributed by atoms with Gasteiger partial charge in [-0.05, 0) is 18.5 Å². The predicted molar refractivity (Wildman–Crippen MR) is 87.3 cm³/mol. The molecule has 0 aromatic heterocycles. The molecule has 0 amide bonds. The molecule has 1 N–H and O–H groups in total. The molecule has 0 bridgehead atoms. The number of aliphatic carboxylic acids is 1. The molecule has 118 valence electrons. The van der Waals surface area contributed by atoms with Crippen LogP contribution in [0.2, 0.25) is 0 Å². The Labute approximate surface area is 129 Å². The molecule has 0 spiro atoms. The fraction of sp³-hybridized carbons (Fsp3) is 0.611. The van der Waals surface area contributed by atoms with Crippen LogP contribution >= 0.6 is 0 Å². The molecule has 0 fully saturated rings. The highest BCUT2D eigenvalue weighted by atomic mass is 16.4. The van der Waals surface area contributed by atoms with Crippen molar-refractivity contribution < 1.29 is 9.90 Å². The topological polar surface area (TPSA) is 40.5 Å². The molecule has 1 aromatic rings. The Morgan fingerprint density at radius 3 is 2.43 bits per heavy atom. The van der Waals surface area contributed by atoms with E-state index in [2.05, 4.69) is 24.0 Å². The van der Waals surface area contributed by atoms with Crippen LogP contribution in [0.1, 0.15) is 51.5 Å². The van der Waals surface area contributed by atoms with Gasteiger partial charge in [-0.25, -0.2) is 0 Å². The number of carbonyl (C=O) groups is 1. The molecule has 1 aromatic carbocycles. The van der Waals surface area contributed by atoms with Crippen LogP contribution in [0.15, 0.2) is 30.3 Å². The smallest absolute Gasteiger partial charge is 0.307 e. The Balaban J connectivity index is 2.47. The van der Waals surface area contributed by atoms with Gasteiger partial charge < -0.3 is 5.11 Å². The van der Waals surface area contributed by atoms with Crippen molar-refractivity contribution in [1.29, 1.82) is 0 Å². The molecule has 0 aliphatic carbocycles. The Kier molecular flexibility index (Phi) is 8.76. The van der Waals surface area contributed by atoms with Crippen molar-refractivity contribution in [2.75, 3.05) is 13.1 Å². The number of unbranched alkanes of at least 4 members (excludes halogenated alkanes) is 4. The lowest BCUT2D eigenvalue weighted by molar-refractivity contribution is -0.141. The fourth-order valence-electron chi connectivity index (χ4n) is 2.48. The number of hydrogen-bond donors (Lipinski definition) is 1. The van der Waals surface area contributed by atoms with Gasteiger partial charge >= 0.3 is 5.97 Å². The first-order valence-corrected chi connectivity index (χ1v) is 8.12. The summed E-state index contributed by atoms with van der Waals surface area (Å²) in [4.78, 5) is 13.4. The lowest BCUT2D eigenvalue weighted by Crippen LogP contribution is -2.32. The first kappa shape index (κ1) is 17.7. The number of benzene rings is 1. The quantitative estimate of drug-likeness (QED) is 0.622. The average Bonchev–Trinajstić information content (AvgIpc) is 2.47.